The first kappa shape index (κ1) is 16.6. The Morgan fingerprint density at radius 2 is 2.12 bits per heavy atom. The molecule has 1 aliphatic rings. The maximum atomic E-state index is 12.3. The summed E-state index contributed by atoms with van der Waals surface area (Å²) in [5.41, 5.74) is 0.925. The standard InChI is InChI=1S/C16H25N7O/c1-12-10-14(23-16(20-12)18-11-19-23)22-7-4-13(5-8-22)15(24)17-6-9-21(2)3/h10-11,13H,4-9H2,1-3H3,(H,17,24). The highest BCUT2D eigenvalue weighted by Gasteiger charge is 2.26. The van der Waals surface area contributed by atoms with Crippen molar-refractivity contribution in [2.45, 2.75) is 19.8 Å². The molecule has 1 N–H and O–H groups in total. The summed E-state index contributed by atoms with van der Waals surface area (Å²) in [5.74, 6) is 1.89. The number of piperidine rings is 1. The minimum atomic E-state index is 0.0950. The molecule has 0 spiro atoms. The molecule has 8 nitrogen and oxygen atoms in total. The van der Waals surface area contributed by atoms with Gasteiger partial charge in [-0.2, -0.15) is 14.6 Å². The van der Waals surface area contributed by atoms with Crippen LogP contribution in [0.2, 0.25) is 0 Å². The van der Waals surface area contributed by atoms with Gasteiger partial charge in [0.25, 0.3) is 5.78 Å². The number of nitrogens with one attached hydrogen (secondary N) is 1. The molecule has 1 amide bonds. The van der Waals surface area contributed by atoms with Crippen LogP contribution in [-0.2, 0) is 4.79 Å². The molecule has 0 aliphatic carbocycles. The molecule has 0 radical (unpaired) electrons. The molecule has 1 saturated heterocycles. The third-order valence-electron chi connectivity index (χ3n) is 4.41. The van der Waals surface area contributed by atoms with E-state index in [1.807, 2.05) is 27.1 Å². The second kappa shape index (κ2) is 7.12. The SMILES string of the molecule is Cc1cc(N2CCC(C(=O)NCCN(C)C)CC2)n2ncnc2n1. The van der Waals surface area contributed by atoms with Crippen LogP contribution in [0.15, 0.2) is 12.4 Å². The molecule has 2 aromatic heterocycles. The Labute approximate surface area is 141 Å². The molecular formula is C16H25N7O. The van der Waals surface area contributed by atoms with Crippen molar-refractivity contribution in [3.8, 4) is 0 Å². The lowest BCUT2D eigenvalue weighted by Crippen LogP contribution is -2.42. The summed E-state index contributed by atoms with van der Waals surface area (Å²) in [6, 6.07) is 2.03. The number of fused-ring (bicyclic) bond motifs is 1. The lowest BCUT2D eigenvalue weighted by Gasteiger charge is -2.33. The molecular weight excluding hydrogens is 306 g/mol. The average Bonchev–Trinajstić information content (AvgIpc) is 3.02. The van der Waals surface area contributed by atoms with E-state index in [1.54, 1.807) is 4.52 Å². The van der Waals surface area contributed by atoms with Crippen LogP contribution in [0.4, 0.5) is 5.82 Å². The molecule has 130 valence electrons. The zero-order chi connectivity index (χ0) is 17.1. The van der Waals surface area contributed by atoms with E-state index in [9.17, 15) is 4.79 Å². The van der Waals surface area contributed by atoms with E-state index < -0.39 is 0 Å². The summed E-state index contributed by atoms with van der Waals surface area (Å²) < 4.78 is 1.77. The van der Waals surface area contributed by atoms with Crippen LogP contribution in [0.25, 0.3) is 5.78 Å². The fourth-order valence-corrected chi connectivity index (χ4v) is 3.05. The molecule has 8 heteroatoms. The predicted molar refractivity (Wildman–Crippen MR) is 92.0 cm³/mol. The van der Waals surface area contributed by atoms with Crippen molar-refractivity contribution in [1.29, 1.82) is 0 Å². The van der Waals surface area contributed by atoms with Gasteiger partial charge in [0, 0.05) is 43.9 Å². The average molecular weight is 331 g/mol. The summed E-state index contributed by atoms with van der Waals surface area (Å²) in [4.78, 5) is 25.1. The second-order valence-electron chi connectivity index (χ2n) is 6.58. The van der Waals surface area contributed by atoms with Gasteiger partial charge in [0.05, 0.1) is 0 Å². The number of aromatic nitrogens is 4. The number of nitrogens with zero attached hydrogens (tertiary/aromatic N) is 6. The number of anilines is 1. The minimum absolute atomic E-state index is 0.0950. The van der Waals surface area contributed by atoms with E-state index in [2.05, 4.69) is 30.2 Å². The van der Waals surface area contributed by atoms with Gasteiger partial charge in [-0.15, -0.1) is 0 Å². The Hall–Kier alpha value is -2.22. The Morgan fingerprint density at radius 3 is 2.83 bits per heavy atom. The van der Waals surface area contributed by atoms with Crippen LogP contribution in [-0.4, -0.2) is 70.7 Å². The monoisotopic (exact) mass is 331 g/mol. The number of hydrogen-bond donors (Lipinski definition) is 1. The number of carbonyl (C=O) groups excluding carboxylic acids is 1. The third-order valence-corrected chi connectivity index (χ3v) is 4.41. The van der Waals surface area contributed by atoms with Crippen LogP contribution in [0.3, 0.4) is 0 Å². The van der Waals surface area contributed by atoms with Crippen molar-refractivity contribution >= 4 is 17.5 Å². The number of aryl methyl sites for hydroxylation is 1. The van der Waals surface area contributed by atoms with E-state index in [4.69, 9.17) is 0 Å². The molecule has 0 aromatic carbocycles. The molecule has 1 aliphatic heterocycles. The van der Waals surface area contributed by atoms with E-state index in [0.29, 0.717) is 12.3 Å². The third kappa shape index (κ3) is 3.64. The Bertz CT molecular complexity index is 704. The van der Waals surface area contributed by atoms with Gasteiger partial charge < -0.3 is 15.1 Å². The van der Waals surface area contributed by atoms with Crippen molar-refractivity contribution in [1.82, 2.24) is 29.8 Å². The molecule has 0 atom stereocenters. The quantitative estimate of drug-likeness (QED) is 0.850. The zero-order valence-corrected chi connectivity index (χ0v) is 14.6. The molecule has 0 unspecified atom stereocenters. The van der Waals surface area contributed by atoms with Gasteiger partial charge in [-0.1, -0.05) is 0 Å². The van der Waals surface area contributed by atoms with Gasteiger partial charge in [0.2, 0.25) is 5.91 Å². The Balaban J connectivity index is 1.60. The first-order valence-electron chi connectivity index (χ1n) is 8.39. The fourth-order valence-electron chi connectivity index (χ4n) is 3.05. The molecule has 2 aromatic rings. The summed E-state index contributed by atoms with van der Waals surface area (Å²) in [6.07, 6.45) is 3.23. The number of likely N-dealkylation sites (N-methyl/N-ethyl adjacent to an activating group) is 1. The molecule has 3 rings (SSSR count). The first-order chi connectivity index (χ1) is 11.5. The van der Waals surface area contributed by atoms with Gasteiger partial charge in [0.1, 0.15) is 12.1 Å². The maximum Gasteiger partial charge on any atom is 0.254 e. The number of carbonyl (C=O) groups is 1. The highest BCUT2D eigenvalue weighted by molar-refractivity contribution is 5.79. The van der Waals surface area contributed by atoms with Crippen molar-refractivity contribution in [3.63, 3.8) is 0 Å². The van der Waals surface area contributed by atoms with Crippen LogP contribution >= 0.6 is 0 Å². The summed E-state index contributed by atoms with van der Waals surface area (Å²) in [7, 11) is 4.01. The molecule has 3 heterocycles. The lowest BCUT2D eigenvalue weighted by atomic mass is 9.96. The highest BCUT2D eigenvalue weighted by Crippen LogP contribution is 2.23. The van der Waals surface area contributed by atoms with Crippen LogP contribution in [0.5, 0.6) is 0 Å². The van der Waals surface area contributed by atoms with Gasteiger partial charge in [-0.05, 0) is 33.9 Å². The van der Waals surface area contributed by atoms with Crippen molar-refractivity contribution < 1.29 is 4.79 Å². The first-order valence-corrected chi connectivity index (χ1v) is 8.39. The predicted octanol–water partition coefficient (Wildman–Crippen LogP) is 0.327. The Kier molecular flexibility index (Phi) is 4.94. The topological polar surface area (TPSA) is 78.7 Å². The zero-order valence-electron chi connectivity index (χ0n) is 14.6. The van der Waals surface area contributed by atoms with E-state index in [0.717, 1.165) is 44.0 Å². The maximum absolute atomic E-state index is 12.3. The van der Waals surface area contributed by atoms with Crippen LogP contribution < -0.4 is 10.2 Å². The van der Waals surface area contributed by atoms with Gasteiger partial charge in [-0.3, -0.25) is 4.79 Å². The Morgan fingerprint density at radius 1 is 1.38 bits per heavy atom. The normalized spacial score (nSPS) is 16.1. The van der Waals surface area contributed by atoms with E-state index in [-0.39, 0.29) is 11.8 Å². The fraction of sp³-hybridized carbons (Fsp3) is 0.625. The van der Waals surface area contributed by atoms with Crippen molar-refractivity contribution in [3.05, 3.63) is 18.1 Å². The molecule has 1 fully saturated rings. The summed E-state index contributed by atoms with van der Waals surface area (Å²) >= 11 is 0. The van der Waals surface area contributed by atoms with Crippen LogP contribution in [0.1, 0.15) is 18.5 Å². The molecule has 0 bridgehead atoms. The summed E-state index contributed by atoms with van der Waals surface area (Å²) in [5, 5.41) is 7.30. The van der Waals surface area contributed by atoms with Crippen molar-refractivity contribution in [2.75, 3.05) is 45.2 Å². The van der Waals surface area contributed by atoms with Gasteiger partial charge in [0.15, 0.2) is 0 Å². The van der Waals surface area contributed by atoms with Gasteiger partial charge in [-0.25, -0.2) is 4.98 Å². The van der Waals surface area contributed by atoms with Gasteiger partial charge >= 0.3 is 0 Å². The minimum Gasteiger partial charge on any atom is -0.356 e. The molecule has 0 saturated carbocycles. The molecule has 24 heavy (non-hydrogen) atoms. The van der Waals surface area contributed by atoms with Crippen molar-refractivity contribution in [2.24, 2.45) is 5.92 Å². The summed E-state index contributed by atoms with van der Waals surface area (Å²) in [6.45, 7) is 5.21. The highest BCUT2D eigenvalue weighted by atomic mass is 16.1. The van der Waals surface area contributed by atoms with E-state index in [1.165, 1.54) is 6.33 Å². The number of hydrogen-bond acceptors (Lipinski definition) is 6. The van der Waals surface area contributed by atoms with E-state index >= 15 is 0 Å². The lowest BCUT2D eigenvalue weighted by molar-refractivity contribution is -0.125. The largest absolute Gasteiger partial charge is 0.356 e. The smallest absolute Gasteiger partial charge is 0.254 e. The second-order valence-corrected chi connectivity index (χ2v) is 6.58. The number of rotatable bonds is 5. The number of amides is 1. The van der Waals surface area contributed by atoms with Crippen LogP contribution in [0, 0.1) is 12.8 Å².